The van der Waals surface area contributed by atoms with Crippen LogP contribution in [-0.2, 0) is 9.53 Å². The highest BCUT2D eigenvalue weighted by atomic mass is 32.2. The van der Waals surface area contributed by atoms with Crippen molar-refractivity contribution in [1.29, 1.82) is 0 Å². The Morgan fingerprint density at radius 2 is 1.73 bits per heavy atom. The third-order valence-electron chi connectivity index (χ3n) is 5.08. The molecule has 4 aromatic rings. The maximum absolute atomic E-state index is 11.9. The number of esters is 1. The van der Waals surface area contributed by atoms with Crippen LogP contribution >= 0.6 is 11.8 Å². The number of carbonyl (C=O) groups excluding carboxylic acids is 1. The van der Waals surface area contributed by atoms with Gasteiger partial charge in [0.25, 0.3) is 0 Å². The summed E-state index contributed by atoms with van der Waals surface area (Å²) in [6.07, 6.45) is 1.40. The Bertz CT molecular complexity index is 1420. The van der Waals surface area contributed by atoms with Crippen molar-refractivity contribution in [3.05, 3.63) is 70.8 Å². The lowest BCUT2D eigenvalue weighted by Crippen LogP contribution is -2.03. The molecular weight excluding hydrogens is 498 g/mol. The van der Waals surface area contributed by atoms with E-state index in [0.29, 0.717) is 46.6 Å². The first-order valence-corrected chi connectivity index (χ1v) is 11.9. The predicted molar refractivity (Wildman–Crippen MR) is 136 cm³/mol. The molecule has 0 atom stereocenters. The van der Waals surface area contributed by atoms with Gasteiger partial charge in [-0.25, -0.2) is 14.6 Å². The van der Waals surface area contributed by atoms with E-state index in [-0.39, 0.29) is 10.1 Å². The molecule has 2 N–H and O–H groups in total. The predicted octanol–water partition coefficient (Wildman–Crippen LogP) is 5.14. The summed E-state index contributed by atoms with van der Waals surface area (Å²) in [7, 11) is 3.09. The summed E-state index contributed by atoms with van der Waals surface area (Å²) >= 11 is 0.876. The van der Waals surface area contributed by atoms with E-state index in [4.69, 9.17) is 18.6 Å². The Morgan fingerprint density at radius 3 is 2.35 bits per heavy atom. The van der Waals surface area contributed by atoms with E-state index in [0.717, 1.165) is 17.3 Å². The van der Waals surface area contributed by atoms with Crippen molar-refractivity contribution in [2.75, 3.05) is 20.8 Å². The number of carboxylic acid groups (broad SMARTS) is 1. The molecule has 37 heavy (non-hydrogen) atoms. The van der Waals surface area contributed by atoms with Crippen molar-refractivity contribution in [2.24, 2.45) is 0 Å². The van der Waals surface area contributed by atoms with Gasteiger partial charge in [-0.05, 0) is 55.1 Å². The maximum atomic E-state index is 11.9. The summed E-state index contributed by atoms with van der Waals surface area (Å²) in [5.41, 5.74) is 1.82. The van der Waals surface area contributed by atoms with Gasteiger partial charge in [0.2, 0.25) is 5.16 Å². The number of hydrogen-bond acceptors (Lipinski definition) is 9. The first-order valence-electron chi connectivity index (χ1n) is 11.1. The number of hydrogen-bond donors (Lipinski definition) is 2. The Kier molecular flexibility index (Phi) is 7.94. The van der Waals surface area contributed by atoms with E-state index in [1.54, 1.807) is 75.7 Å². The SMILES string of the molecule is CCOC(=O)c1ccc(-c2ccc(/C=C(\Sc3n[nH]c(-c4cc(OC)cc(OC)c4)n3)C(=O)O)o2)cc1. The van der Waals surface area contributed by atoms with Crippen molar-refractivity contribution < 1.29 is 33.3 Å². The zero-order valence-electron chi connectivity index (χ0n) is 20.2. The highest BCUT2D eigenvalue weighted by Crippen LogP contribution is 2.32. The second-order valence-electron chi connectivity index (χ2n) is 7.48. The van der Waals surface area contributed by atoms with Crippen LogP contribution in [0.15, 0.2) is 69.1 Å². The van der Waals surface area contributed by atoms with Crippen LogP contribution < -0.4 is 9.47 Å². The number of aromatic amines is 1. The lowest BCUT2D eigenvalue weighted by molar-refractivity contribution is -0.131. The molecule has 190 valence electrons. The number of benzene rings is 2. The molecule has 0 bridgehead atoms. The van der Waals surface area contributed by atoms with Crippen LogP contribution in [0.3, 0.4) is 0 Å². The fraction of sp³-hybridized carbons (Fsp3) is 0.154. The highest BCUT2D eigenvalue weighted by molar-refractivity contribution is 8.04. The number of furan rings is 1. The van der Waals surface area contributed by atoms with Crippen LogP contribution in [0.2, 0.25) is 0 Å². The number of methoxy groups -OCH3 is 2. The standard InChI is InChI=1S/C26H23N3O7S/c1-4-35-25(32)16-7-5-15(6-8-16)21-10-9-18(36-21)14-22(24(30)31)37-26-27-23(28-29-26)17-11-19(33-2)13-20(12-17)34-3/h5-14H,4H2,1-3H3,(H,30,31)(H,27,28,29)/b22-14-. The largest absolute Gasteiger partial charge is 0.497 e. The van der Waals surface area contributed by atoms with E-state index in [9.17, 15) is 14.7 Å². The smallest absolute Gasteiger partial charge is 0.342 e. The number of rotatable bonds is 10. The molecule has 2 aromatic heterocycles. The number of carboxylic acids is 1. The fourth-order valence-corrected chi connectivity index (χ4v) is 3.99. The summed E-state index contributed by atoms with van der Waals surface area (Å²) in [4.78, 5) is 28.1. The lowest BCUT2D eigenvalue weighted by Gasteiger charge is -2.06. The number of ether oxygens (including phenoxy) is 3. The van der Waals surface area contributed by atoms with Crippen LogP contribution in [0, 0.1) is 0 Å². The minimum absolute atomic E-state index is 0.0349. The van der Waals surface area contributed by atoms with Gasteiger partial charge >= 0.3 is 11.9 Å². The van der Waals surface area contributed by atoms with Crippen molar-refractivity contribution in [1.82, 2.24) is 15.2 Å². The molecule has 0 spiro atoms. The summed E-state index contributed by atoms with van der Waals surface area (Å²) in [6.45, 7) is 2.04. The molecular formula is C26H23N3O7S. The van der Waals surface area contributed by atoms with Gasteiger partial charge in [-0.1, -0.05) is 12.1 Å². The Labute approximate surface area is 216 Å². The summed E-state index contributed by atoms with van der Waals surface area (Å²) in [5, 5.41) is 16.9. The van der Waals surface area contributed by atoms with Gasteiger partial charge in [0.05, 0.1) is 26.4 Å². The minimum Gasteiger partial charge on any atom is -0.497 e. The number of H-pyrrole nitrogens is 1. The minimum atomic E-state index is -1.16. The molecule has 0 radical (unpaired) electrons. The molecule has 0 aliphatic carbocycles. The fourth-order valence-electron chi connectivity index (χ4n) is 3.30. The van der Waals surface area contributed by atoms with Crippen molar-refractivity contribution in [3.8, 4) is 34.2 Å². The average Bonchev–Trinajstić information content (AvgIpc) is 3.58. The van der Waals surface area contributed by atoms with Gasteiger partial charge in [-0.15, -0.1) is 5.10 Å². The topological polar surface area (TPSA) is 137 Å². The first kappa shape index (κ1) is 25.6. The van der Waals surface area contributed by atoms with Gasteiger partial charge in [0, 0.05) is 23.3 Å². The molecule has 10 nitrogen and oxygen atoms in total. The molecule has 2 aromatic carbocycles. The third kappa shape index (κ3) is 6.19. The molecule has 0 unspecified atom stereocenters. The number of nitrogens with zero attached hydrogens (tertiary/aromatic N) is 2. The quantitative estimate of drug-likeness (QED) is 0.164. The molecule has 11 heteroatoms. The molecule has 0 fully saturated rings. The number of thioether (sulfide) groups is 1. The summed E-state index contributed by atoms with van der Waals surface area (Å²) in [6, 6.07) is 15.4. The number of aliphatic carboxylic acids is 1. The van der Waals surface area contributed by atoms with Crippen LogP contribution in [0.5, 0.6) is 11.5 Å². The van der Waals surface area contributed by atoms with Crippen molar-refractivity contribution >= 4 is 29.8 Å². The Balaban J connectivity index is 1.52. The van der Waals surface area contributed by atoms with Gasteiger partial charge in [-0.2, -0.15) is 0 Å². The van der Waals surface area contributed by atoms with Crippen molar-refractivity contribution in [2.45, 2.75) is 12.1 Å². The van der Waals surface area contributed by atoms with Gasteiger partial charge in [0.1, 0.15) is 27.9 Å². The summed E-state index contributed by atoms with van der Waals surface area (Å²) in [5.74, 6) is 0.879. The van der Waals surface area contributed by atoms with Gasteiger partial charge < -0.3 is 23.7 Å². The van der Waals surface area contributed by atoms with Crippen LogP contribution in [-0.4, -0.2) is 53.1 Å². The van der Waals surface area contributed by atoms with Crippen LogP contribution in [0.25, 0.3) is 28.8 Å². The van der Waals surface area contributed by atoms with E-state index in [1.165, 1.54) is 6.08 Å². The Hall–Kier alpha value is -4.51. The third-order valence-corrected chi connectivity index (χ3v) is 5.96. The zero-order valence-corrected chi connectivity index (χ0v) is 21.0. The van der Waals surface area contributed by atoms with E-state index < -0.39 is 11.9 Å². The lowest BCUT2D eigenvalue weighted by atomic mass is 10.1. The molecule has 2 heterocycles. The molecule has 0 amide bonds. The van der Waals surface area contributed by atoms with E-state index >= 15 is 0 Å². The molecule has 0 aliphatic heterocycles. The monoisotopic (exact) mass is 521 g/mol. The van der Waals surface area contributed by atoms with E-state index in [1.807, 2.05) is 0 Å². The highest BCUT2D eigenvalue weighted by Gasteiger charge is 2.17. The summed E-state index contributed by atoms with van der Waals surface area (Å²) < 4.78 is 21.4. The van der Waals surface area contributed by atoms with Gasteiger partial charge in [-0.3, -0.25) is 5.10 Å². The Morgan fingerprint density at radius 1 is 1.03 bits per heavy atom. The van der Waals surface area contributed by atoms with Crippen LogP contribution in [0.4, 0.5) is 0 Å². The van der Waals surface area contributed by atoms with E-state index in [2.05, 4.69) is 15.2 Å². The molecule has 0 saturated carbocycles. The molecule has 0 aliphatic rings. The van der Waals surface area contributed by atoms with Crippen molar-refractivity contribution in [3.63, 3.8) is 0 Å². The number of nitrogens with one attached hydrogen (secondary N) is 1. The normalized spacial score (nSPS) is 11.3. The first-order chi connectivity index (χ1) is 17.9. The second kappa shape index (κ2) is 11.5. The second-order valence-corrected chi connectivity index (χ2v) is 8.49. The average molecular weight is 522 g/mol. The number of aromatic nitrogens is 3. The van der Waals surface area contributed by atoms with Crippen LogP contribution in [0.1, 0.15) is 23.0 Å². The zero-order chi connectivity index (χ0) is 26.4. The molecule has 4 rings (SSSR count). The number of carbonyl (C=O) groups is 2. The molecule has 0 saturated heterocycles. The maximum Gasteiger partial charge on any atom is 0.342 e. The van der Waals surface area contributed by atoms with Gasteiger partial charge in [0.15, 0.2) is 5.82 Å².